The van der Waals surface area contributed by atoms with Gasteiger partial charge in [0.25, 0.3) is 0 Å². The van der Waals surface area contributed by atoms with Gasteiger partial charge in [0.1, 0.15) is 11.3 Å². The molecule has 0 bridgehead atoms. The molecule has 76 valence electrons. The molecule has 0 atom stereocenters. The molecule has 0 saturated heterocycles. The number of nitrogens with zero attached hydrogens (tertiary/aromatic N) is 3. The third-order valence-electron chi connectivity index (χ3n) is 1.26. The Hall–Kier alpha value is -0.860. The molecule has 0 saturated carbocycles. The van der Waals surface area contributed by atoms with Gasteiger partial charge in [-0.25, -0.2) is 0 Å². The number of nitrogens with one attached hydrogen (secondary N) is 2. The molecule has 0 aromatic carbocycles. The summed E-state index contributed by atoms with van der Waals surface area (Å²) < 4.78 is 3.13. The minimum absolute atomic E-state index is 0.653. The largest absolute Gasteiger partial charge is 0.310 e. The smallest absolute Gasteiger partial charge is 0.194 e. The Kier molecular flexibility index (Phi) is 4.11. The Morgan fingerprint density at radius 2 is 2.14 bits per heavy atom. The lowest BCUT2D eigenvalue weighted by atomic mass is 10.9. The molecule has 0 amide bonds. The molecule has 0 aliphatic rings. The number of aromatic nitrogens is 5. The van der Waals surface area contributed by atoms with E-state index >= 15 is 0 Å². The average molecular weight is 247 g/mol. The number of H-pyrrole nitrogens is 2. The van der Waals surface area contributed by atoms with Crippen molar-refractivity contribution in [3.05, 3.63) is 20.1 Å². The summed E-state index contributed by atoms with van der Waals surface area (Å²) in [5.74, 6) is 0. The van der Waals surface area contributed by atoms with Gasteiger partial charge in [-0.3, -0.25) is 10.2 Å². The Bertz CT molecular complexity index is 490. The highest BCUT2D eigenvalue weighted by atomic mass is 32.1. The van der Waals surface area contributed by atoms with Gasteiger partial charge in [0.15, 0.2) is 8.73 Å². The Labute approximate surface area is 94.8 Å². The monoisotopic (exact) mass is 247 g/mol. The van der Waals surface area contributed by atoms with Gasteiger partial charge in [-0.1, -0.05) is 11.3 Å². The molecular weight excluding hydrogens is 238 g/mol. The van der Waals surface area contributed by atoms with E-state index < -0.39 is 0 Å². The van der Waals surface area contributed by atoms with Crippen molar-refractivity contribution in [1.29, 1.82) is 0 Å². The highest BCUT2D eigenvalue weighted by Crippen LogP contribution is 1.99. The Balaban J connectivity index is 0.000000140. The first kappa shape index (κ1) is 11.2. The van der Waals surface area contributed by atoms with Crippen molar-refractivity contribution in [2.24, 2.45) is 7.05 Å². The number of aryl methyl sites for hydroxylation is 2. The lowest BCUT2D eigenvalue weighted by Gasteiger charge is -1.77. The first-order chi connectivity index (χ1) is 6.59. The van der Waals surface area contributed by atoms with Crippen LogP contribution < -0.4 is 0 Å². The van der Waals surface area contributed by atoms with Gasteiger partial charge in [-0.15, -0.1) is 0 Å². The van der Waals surface area contributed by atoms with E-state index in [2.05, 4.69) is 20.4 Å². The zero-order valence-corrected chi connectivity index (χ0v) is 10.1. The van der Waals surface area contributed by atoms with Gasteiger partial charge >= 0.3 is 0 Å². The van der Waals surface area contributed by atoms with E-state index in [1.54, 1.807) is 10.9 Å². The van der Waals surface area contributed by atoms with Crippen molar-refractivity contribution in [2.75, 3.05) is 0 Å². The van der Waals surface area contributed by atoms with Crippen LogP contribution in [-0.2, 0) is 7.05 Å². The van der Waals surface area contributed by atoms with Crippen molar-refractivity contribution in [2.45, 2.75) is 6.92 Å². The molecular formula is C6H9N5S3. The molecule has 2 aromatic heterocycles. The molecule has 0 radical (unpaired) electrons. The van der Waals surface area contributed by atoms with E-state index in [1.165, 1.54) is 11.3 Å². The van der Waals surface area contributed by atoms with Crippen molar-refractivity contribution >= 4 is 35.8 Å². The zero-order valence-electron chi connectivity index (χ0n) is 7.64. The predicted octanol–water partition coefficient (Wildman–Crippen LogP) is 1.99. The molecule has 0 unspecified atom stereocenters. The van der Waals surface area contributed by atoms with E-state index in [0.29, 0.717) is 4.77 Å². The highest BCUT2D eigenvalue weighted by molar-refractivity contribution is 7.73. The fraction of sp³-hybridized carbons (Fsp3) is 0.333. The number of hydrogen-bond acceptors (Lipinski definition) is 5. The summed E-state index contributed by atoms with van der Waals surface area (Å²) in [6.07, 6.45) is 1.63. The van der Waals surface area contributed by atoms with E-state index in [9.17, 15) is 0 Å². The minimum Gasteiger partial charge on any atom is -0.310 e. The van der Waals surface area contributed by atoms with Crippen molar-refractivity contribution in [3.8, 4) is 0 Å². The second kappa shape index (κ2) is 5.13. The van der Waals surface area contributed by atoms with Gasteiger partial charge in [0.05, 0.1) is 0 Å². The molecule has 8 heteroatoms. The summed E-state index contributed by atoms with van der Waals surface area (Å²) in [5.41, 5.74) is 0. The summed E-state index contributed by atoms with van der Waals surface area (Å²) >= 11 is 11.0. The Morgan fingerprint density at radius 1 is 1.43 bits per heavy atom. The fourth-order valence-corrected chi connectivity index (χ4v) is 1.56. The van der Waals surface area contributed by atoms with Crippen LogP contribution in [0.15, 0.2) is 6.33 Å². The minimum atomic E-state index is 0.653. The maximum absolute atomic E-state index is 4.73. The number of hydrogen-bond donors (Lipinski definition) is 2. The summed E-state index contributed by atoms with van der Waals surface area (Å²) in [6, 6.07) is 0. The molecule has 2 N–H and O–H groups in total. The van der Waals surface area contributed by atoms with Gasteiger partial charge in [0.2, 0.25) is 0 Å². The molecule has 0 spiro atoms. The molecule has 0 aliphatic heterocycles. The summed E-state index contributed by atoms with van der Waals surface area (Å²) in [6.45, 7) is 1.91. The van der Waals surface area contributed by atoms with E-state index in [4.69, 9.17) is 24.4 Å². The normalized spacial score (nSPS) is 9.29. The van der Waals surface area contributed by atoms with Crippen molar-refractivity contribution < 1.29 is 0 Å². The zero-order chi connectivity index (χ0) is 10.6. The third-order valence-corrected chi connectivity index (χ3v) is 2.64. The van der Waals surface area contributed by atoms with Crippen LogP contribution in [-0.4, -0.2) is 25.0 Å². The number of rotatable bonds is 0. The summed E-state index contributed by atoms with van der Waals surface area (Å²) in [4.78, 5) is 0. The van der Waals surface area contributed by atoms with Crippen LogP contribution in [0.4, 0.5) is 0 Å². The lowest BCUT2D eigenvalue weighted by Crippen LogP contribution is -1.81. The van der Waals surface area contributed by atoms with Crippen LogP contribution in [0.5, 0.6) is 0 Å². The van der Waals surface area contributed by atoms with Gasteiger partial charge < -0.3 is 4.57 Å². The van der Waals surface area contributed by atoms with E-state index in [1.807, 2.05) is 14.0 Å². The van der Waals surface area contributed by atoms with E-state index in [0.717, 1.165) is 8.96 Å². The quantitative estimate of drug-likeness (QED) is 0.699. The third kappa shape index (κ3) is 3.48. The molecule has 14 heavy (non-hydrogen) atoms. The fourth-order valence-electron chi connectivity index (χ4n) is 0.606. The molecule has 0 aliphatic carbocycles. The van der Waals surface area contributed by atoms with Crippen LogP contribution in [0, 0.1) is 15.6 Å². The Morgan fingerprint density at radius 3 is 2.29 bits per heavy atom. The van der Waals surface area contributed by atoms with Crippen molar-refractivity contribution in [1.82, 2.24) is 25.0 Å². The van der Waals surface area contributed by atoms with Gasteiger partial charge in [0, 0.05) is 7.05 Å². The average Bonchev–Trinajstić information content (AvgIpc) is 2.65. The van der Waals surface area contributed by atoms with E-state index in [-0.39, 0.29) is 0 Å². The topological polar surface area (TPSA) is 62.3 Å². The lowest BCUT2D eigenvalue weighted by molar-refractivity contribution is 0.893. The predicted molar refractivity (Wildman–Crippen MR) is 60.4 cm³/mol. The highest BCUT2D eigenvalue weighted by Gasteiger charge is 1.82. The summed E-state index contributed by atoms with van der Waals surface area (Å²) in [7, 11) is 1.84. The molecule has 2 aromatic rings. The van der Waals surface area contributed by atoms with Crippen LogP contribution in [0.1, 0.15) is 5.01 Å². The van der Waals surface area contributed by atoms with Crippen LogP contribution in [0.3, 0.4) is 0 Å². The van der Waals surface area contributed by atoms with Crippen LogP contribution in [0.25, 0.3) is 0 Å². The molecule has 5 nitrogen and oxygen atoms in total. The molecule has 2 heterocycles. The van der Waals surface area contributed by atoms with Gasteiger partial charge in [-0.05, 0) is 31.4 Å². The SMILES string of the molecule is Cc1n[nH]c(=S)s1.Cn1cn[nH]c1=S. The van der Waals surface area contributed by atoms with Gasteiger partial charge in [-0.2, -0.15) is 10.2 Å². The maximum atomic E-state index is 4.73. The standard InChI is InChI=1S/C3H5N3S.C3H4N2S2/c1-6-2-4-5-3(6)7;1-2-4-5-3(6)7-2/h2H,1H3,(H,5,7);1H3,(H,5,6). The van der Waals surface area contributed by atoms with Crippen LogP contribution in [0.2, 0.25) is 0 Å². The first-order valence-electron chi connectivity index (χ1n) is 3.67. The maximum Gasteiger partial charge on any atom is 0.194 e. The number of aromatic amines is 2. The second-order valence-electron chi connectivity index (χ2n) is 2.40. The van der Waals surface area contributed by atoms with Crippen molar-refractivity contribution in [3.63, 3.8) is 0 Å². The van der Waals surface area contributed by atoms with Crippen LogP contribution >= 0.6 is 35.8 Å². The molecule has 2 rings (SSSR count). The molecule has 0 fully saturated rings. The first-order valence-corrected chi connectivity index (χ1v) is 5.31. The second-order valence-corrected chi connectivity index (χ2v) is 4.66. The summed E-state index contributed by atoms with van der Waals surface area (Å²) in [5, 5.41) is 13.7.